The minimum Gasteiger partial charge on any atom is -0.457 e. The quantitative estimate of drug-likeness (QED) is 0.193. The molecule has 4 aliphatic carbocycles. The number of rotatable bonds is 6. The van der Waals surface area contributed by atoms with Crippen LogP contribution in [0.2, 0.25) is 0 Å². The van der Waals surface area contributed by atoms with Crippen LogP contribution in [0.4, 0.5) is 11.4 Å². The fourth-order valence-corrected chi connectivity index (χ4v) is 8.64. The monoisotopic (exact) mass is 532 g/mol. The van der Waals surface area contributed by atoms with Crippen molar-refractivity contribution < 1.29 is 9.30 Å². The van der Waals surface area contributed by atoms with Gasteiger partial charge in [-0.1, -0.05) is 36.4 Å². The van der Waals surface area contributed by atoms with Crippen molar-refractivity contribution in [2.45, 2.75) is 43.9 Å². The lowest BCUT2D eigenvalue weighted by Crippen LogP contribution is -2.48. The molecule has 39 heavy (non-hydrogen) atoms. The third-order valence-electron chi connectivity index (χ3n) is 9.33. The van der Waals surface area contributed by atoms with Gasteiger partial charge in [0.1, 0.15) is 11.5 Å². The highest BCUT2D eigenvalue weighted by molar-refractivity contribution is 7.34. The Balaban J connectivity index is 1.29. The molecular formula is C34H33N2O2P. The molecule has 0 aromatic heterocycles. The first kappa shape index (κ1) is 24.4. The smallest absolute Gasteiger partial charge is 0.192 e. The molecule has 0 heterocycles. The van der Waals surface area contributed by atoms with E-state index in [2.05, 4.69) is 24.3 Å². The topological polar surface area (TPSA) is 78.3 Å². The first-order valence-electron chi connectivity index (χ1n) is 14.0. The van der Waals surface area contributed by atoms with E-state index in [1.54, 1.807) is 0 Å². The second-order valence-electron chi connectivity index (χ2n) is 12.0. The Hall–Kier alpha value is -3.62. The Morgan fingerprint density at radius 3 is 1.79 bits per heavy atom. The zero-order valence-electron chi connectivity index (χ0n) is 22.0. The van der Waals surface area contributed by atoms with Crippen molar-refractivity contribution in [2.24, 2.45) is 17.8 Å². The number of hydrogen-bond donors (Lipinski definition) is 2. The van der Waals surface area contributed by atoms with Crippen molar-refractivity contribution in [1.29, 1.82) is 0 Å². The normalized spacial score (nSPS) is 25.2. The predicted molar refractivity (Wildman–Crippen MR) is 160 cm³/mol. The summed E-state index contributed by atoms with van der Waals surface area (Å²) in [5.41, 5.74) is 18.9. The summed E-state index contributed by atoms with van der Waals surface area (Å²) in [5.74, 6) is 4.22. The second kappa shape index (κ2) is 9.54. The molecule has 196 valence electrons. The molecule has 4 saturated carbocycles. The molecule has 0 unspecified atom stereocenters. The number of anilines is 2. The molecule has 4 aromatic carbocycles. The van der Waals surface area contributed by atoms with Gasteiger partial charge < -0.3 is 16.2 Å². The summed E-state index contributed by atoms with van der Waals surface area (Å²) in [5, 5.41) is 0.669. The largest absolute Gasteiger partial charge is 0.457 e. The van der Waals surface area contributed by atoms with Gasteiger partial charge in [0.2, 0.25) is 0 Å². The summed E-state index contributed by atoms with van der Waals surface area (Å²) >= 11 is 0. The lowest BCUT2D eigenvalue weighted by Gasteiger charge is -2.57. The summed E-state index contributed by atoms with van der Waals surface area (Å²) in [6.45, 7) is 0. The fraction of sp³-hybridized carbons (Fsp3) is 0.294. The molecule has 8 rings (SSSR count). The van der Waals surface area contributed by atoms with E-state index >= 15 is 0 Å². The third-order valence-corrected chi connectivity index (χ3v) is 9.90. The van der Waals surface area contributed by atoms with Crippen LogP contribution in [-0.2, 0) is 9.98 Å². The molecule has 0 saturated heterocycles. The highest BCUT2D eigenvalue weighted by Crippen LogP contribution is 2.60. The number of benzene rings is 4. The highest BCUT2D eigenvalue weighted by atomic mass is 31.1. The molecule has 0 radical (unpaired) electrons. The van der Waals surface area contributed by atoms with Gasteiger partial charge in [0.15, 0.2) is 8.46 Å². The van der Waals surface area contributed by atoms with Crippen LogP contribution in [0.1, 0.15) is 44.1 Å². The van der Waals surface area contributed by atoms with E-state index in [1.165, 1.54) is 44.1 Å². The SMILES string of the molecule is Nc1cccc(-c2c(Oc3ccc(C45CC6CC(CC(C6)C4)C5)cc3)ccc(P=O)c2-c2cccc(N)c2)c1. The van der Waals surface area contributed by atoms with Crippen molar-refractivity contribution in [2.75, 3.05) is 11.5 Å². The average molecular weight is 533 g/mol. The maximum atomic E-state index is 12.3. The minimum atomic E-state index is -0.0733. The van der Waals surface area contributed by atoms with E-state index in [0.717, 1.165) is 45.8 Å². The van der Waals surface area contributed by atoms with Crippen LogP contribution in [0.25, 0.3) is 22.3 Å². The number of nitrogen functional groups attached to an aromatic ring is 2. The van der Waals surface area contributed by atoms with E-state index in [1.807, 2.05) is 60.7 Å². The van der Waals surface area contributed by atoms with Crippen LogP contribution in [0.3, 0.4) is 0 Å². The van der Waals surface area contributed by atoms with Gasteiger partial charge in [0.25, 0.3) is 0 Å². The van der Waals surface area contributed by atoms with Crippen LogP contribution in [0.15, 0.2) is 84.9 Å². The van der Waals surface area contributed by atoms with Gasteiger partial charge in [-0.05, 0) is 127 Å². The molecule has 4 fully saturated rings. The molecule has 0 amide bonds. The van der Waals surface area contributed by atoms with Crippen LogP contribution in [0.5, 0.6) is 11.5 Å². The van der Waals surface area contributed by atoms with Crippen LogP contribution in [0, 0.1) is 17.8 Å². The predicted octanol–water partition coefficient (Wildman–Crippen LogP) is 8.36. The van der Waals surface area contributed by atoms with E-state index in [9.17, 15) is 4.57 Å². The third kappa shape index (κ3) is 4.41. The van der Waals surface area contributed by atoms with Crippen LogP contribution < -0.4 is 21.5 Å². The first-order valence-corrected chi connectivity index (χ1v) is 14.8. The molecule has 0 atom stereocenters. The highest BCUT2D eigenvalue weighted by Gasteiger charge is 2.51. The van der Waals surface area contributed by atoms with E-state index in [0.29, 0.717) is 27.8 Å². The summed E-state index contributed by atoms with van der Waals surface area (Å²) < 4.78 is 18.9. The summed E-state index contributed by atoms with van der Waals surface area (Å²) in [6, 6.07) is 28.0. The Kier molecular flexibility index (Phi) is 5.97. The van der Waals surface area contributed by atoms with E-state index in [-0.39, 0.29) is 8.46 Å². The van der Waals surface area contributed by atoms with Gasteiger partial charge in [0.05, 0.1) is 5.30 Å². The first-order chi connectivity index (χ1) is 19.0. The number of ether oxygens (including phenoxy) is 1. The van der Waals surface area contributed by atoms with Crippen LogP contribution >= 0.6 is 8.46 Å². The lowest BCUT2D eigenvalue weighted by atomic mass is 9.48. The van der Waals surface area contributed by atoms with Crippen LogP contribution in [-0.4, -0.2) is 0 Å². The maximum Gasteiger partial charge on any atom is 0.192 e. The van der Waals surface area contributed by atoms with Gasteiger partial charge in [-0.2, -0.15) is 0 Å². The molecule has 4 bridgehead atoms. The Morgan fingerprint density at radius 1 is 0.692 bits per heavy atom. The zero-order valence-corrected chi connectivity index (χ0v) is 22.9. The molecule has 0 aliphatic heterocycles. The summed E-state index contributed by atoms with van der Waals surface area (Å²) in [6.07, 6.45) is 8.37. The molecule has 4 aromatic rings. The fourth-order valence-electron chi connectivity index (χ4n) is 8.17. The van der Waals surface area contributed by atoms with Gasteiger partial charge >= 0.3 is 0 Å². The molecule has 0 spiro atoms. The Bertz CT molecular complexity index is 1530. The van der Waals surface area contributed by atoms with Crippen molar-refractivity contribution in [3.8, 4) is 33.8 Å². The molecule has 4 nitrogen and oxygen atoms in total. The van der Waals surface area contributed by atoms with E-state index in [4.69, 9.17) is 16.2 Å². The second-order valence-corrected chi connectivity index (χ2v) is 12.7. The van der Waals surface area contributed by atoms with Crippen molar-refractivity contribution in [1.82, 2.24) is 0 Å². The minimum absolute atomic E-state index is 0.0733. The van der Waals surface area contributed by atoms with Gasteiger partial charge in [-0.3, -0.25) is 4.57 Å². The summed E-state index contributed by atoms with van der Waals surface area (Å²) in [4.78, 5) is 0. The standard InChI is InChI=1S/C34H33N2O2P/c35-27-5-1-3-24(16-27)32-30(11-12-31(39-37)33(32)25-4-2-6-28(36)17-25)38-29-9-7-26(8-10-29)34-18-21-13-22(19-34)15-23(14-21)20-34/h1-12,16-17,21-23H,13-15,18-20,35-36H2. The number of hydrogen-bond acceptors (Lipinski definition) is 4. The maximum absolute atomic E-state index is 12.3. The average Bonchev–Trinajstić information content (AvgIpc) is 2.92. The van der Waals surface area contributed by atoms with E-state index < -0.39 is 0 Å². The van der Waals surface area contributed by atoms with Gasteiger partial charge in [-0.15, -0.1) is 0 Å². The Morgan fingerprint density at radius 2 is 1.26 bits per heavy atom. The van der Waals surface area contributed by atoms with Gasteiger partial charge in [-0.25, -0.2) is 0 Å². The molecular weight excluding hydrogens is 499 g/mol. The van der Waals surface area contributed by atoms with Crippen molar-refractivity contribution in [3.05, 3.63) is 90.5 Å². The zero-order chi connectivity index (χ0) is 26.6. The molecule has 4 N–H and O–H groups in total. The van der Waals surface area contributed by atoms with Crippen molar-refractivity contribution >= 4 is 25.1 Å². The van der Waals surface area contributed by atoms with Crippen molar-refractivity contribution in [3.63, 3.8) is 0 Å². The Labute approximate surface area is 231 Å². The lowest BCUT2D eigenvalue weighted by molar-refractivity contribution is -0.00519. The number of nitrogens with two attached hydrogens (primary N) is 2. The summed E-state index contributed by atoms with van der Waals surface area (Å²) in [7, 11) is -0.0733. The molecule has 5 heteroatoms. The molecule has 4 aliphatic rings. The van der Waals surface area contributed by atoms with Gasteiger partial charge in [0, 0.05) is 22.5 Å².